The van der Waals surface area contributed by atoms with Crippen molar-refractivity contribution in [2.24, 2.45) is 0 Å². The van der Waals surface area contributed by atoms with Crippen LogP contribution in [0.25, 0.3) is 67.5 Å². The van der Waals surface area contributed by atoms with Crippen LogP contribution in [0.5, 0.6) is 0 Å². The number of hydrogen-bond donors (Lipinski definition) is 0. The van der Waals surface area contributed by atoms with Gasteiger partial charge in [-0.15, -0.1) is 0 Å². The van der Waals surface area contributed by atoms with Crippen LogP contribution in [-0.4, -0.2) is 59.8 Å². The SMILES string of the molecule is c1ccc(-c2ccnc(C3CC(c4cc(C5CC(c6cc(-c7ccccn7)ccn6)CC(c6cc(-c7ccccn7)ccn6)C5)cc(C5CC(c6cc(-c7ccccn7)ccn6)CC(c6cc(-c7ccccn7)ccn6)C5)c4)CC(c4cc(-c5ccccn5)ccn4)C3)c2)nc1. The Bertz CT molecular complexity index is 4010. The Hall–Kier alpha value is -11.0. The normalized spacial score (nSPS) is 21.1. The zero-order valence-electron chi connectivity index (χ0n) is 53.4. The van der Waals surface area contributed by atoms with Crippen LogP contribution in [0.1, 0.15) is 162 Å². The molecule has 96 heavy (non-hydrogen) atoms. The Morgan fingerprint density at radius 3 is 0.510 bits per heavy atom. The largest absolute Gasteiger partial charge is 0.261 e. The van der Waals surface area contributed by atoms with E-state index in [1.165, 1.54) is 16.7 Å². The number of pyridine rings is 12. The van der Waals surface area contributed by atoms with E-state index in [1.54, 1.807) is 0 Å². The van der Waals surface area contributed by atoms with Crippen molar-refractivity contribution in [3.63, 3.8) is 0 Å². The van der Waals surface area contributed by atoms with Crippen LogP contribution in [-0.2, 0) is 0 Å². The van der Waals surface area contributed by atoms with Gasteiger partial charge in [0.05, 0.1) is 34.2 Å². The van der Waals surface area contributed by atoms with Crippen molar-refractivity contribution >= 4 is 0 Å². The lowest BCUT2D eigenvalue weighted by atomic mass is 9.66. The van der Waals surface area contributed by atoms with Crippen LogP contribution in [0.2, 0.25) is 0 Å². The third-order valence-corrected chi connectivity index (χ3v) is 20.5. The lowest BCUT2D eigenvalue weighted by molar-refractivity contribution is 0.332. The highest BCUT2D eigenvalue weighted by Crippen LogP contribution is 2.54. The van der Waals surface area contributed by atoms with Gasteiger partial charge in [-0.25, -0.2) is 0 Å². The molecule has 6 atom stereocenters. The second kappa shape index (κ2) is 27.5. The summed E-state index contributed by atoms with van der Waals surface area (Å²) < 4.78 is 0. The summed E-state index contributed by atoms with van der Waals surface area (Å²) in [6.45, 7) is 0. The smallest absolute Gasteiger partial charge is 0.0703 e. The molecule has 12 heteroatoms. The van der Waals surface area contributed by atoms with Crippen molar-refractivity contribution in [3.8, 4) is 67.5 Å². The molecule has 3 aliphatic carbocycles. The van der Waals surface area contributed by atoms with E-state index < -0.39 is 0 Å². The van der Waals surface area contributed by atoms with Crippen LogP contribution in [0.4, 0.5) is 0 Å². The van der Waals surface area contributed by atoms with E-state index in [0.29, 0.717) is 0 Å². The fourth-order valence-corrected chi connectivity index (χ4v) is 15.8. The minimum atomic E-state index is 0.126. The second-order valence-corrected chi connectivity index (χ2v) is 26.4. The molecule has 16 rings (SSSR count). The Morgan fingerprint density at radius 1 is 0.167 bits per heavy atom. The van der Waals surface area contributed by atoms with Gasteiger partial charge in [0, 0.05) is 177 Å². The van der Waals surface area contributed by atoms with Gasteiger partial charge in [0.15, 0.2) is 0 Å². The van der Waals surface area contributed by atoms with Gasteiger partial charge in [0.2, 0.25) is 0 Å². The Labute approximate surface area is 560 Å². The lowest BCUT2D eigenvalue weighted by Gasteiger charge is -2.39. The van der Waals surface area contributed by atoms with Crippen LogP contribution in [0, 0.1) is 0 Å². The van der Waals surface area contributed by atoms with Gasteiger partial charge >= 0.3 is 0 Å². The van der Waals surface area contributed by atoms with E-state index >= 15 is 0 Å². The maximum Gasteiger partial charge on any atom is 0.0703 e. The summed E-state index contributed by atoms with van der Waals surface area (Å²) in [5.41, 5.74) is 22.7. The van der Waals surface area contributed by atoms with Crippen LogP contribution in [0.3, 0.4) is 0 Å². The van der Waals surface area contributed by atoms with Crippen molar-refractivity contribution in [2.45, 2.75) is 111 Å². The molecule has 0 bridgehead atoms. The summed E-state index contributed by atoms with van der Waals surface area (Å²) in [6.07, 6.45) is 31.4. The highest BCUT2D eigenvalue weighted by molar-refractivity contribution is 5.64. The van der Waals surface area contributed by atoms with E-state index in [4.69, 9.17) is 59.8 Å². The monoisotopic (exact) mass is 1250 g/mol. The molecule has 1 aromatic carbocycles. The molecule has 468 valence electrons. The molecule has 3 aliphatic rings. The van der Waals surface area contributed by atoms with Crippen LogP contribution >= 0.6 is 0 Å². The van der Waals surface area contributed by atoms with Crippen molar-refractivity contribution in [2.75, 3.05) is 0 Å². The molecule has 0 saturated heterocycles. The molecule has 0 aliphatic heterocycles. The van der Waals surface area contributed by atoms with Gasteiger partial charge < -0.3 is 0 Å². The molecular formula is C84H72N12. The van der Waals surface area contributed by atoms with E-state index in [0.717, 1.165) is 159 Å². The number of benzene rings is 1. The quantitative estimate of drug-likeness (QED) is 0.0959. The zero-order valence-corrected chi connectivity index (χ0v) is 53.4. The lowest BCUT2D eigenvalue weighted by Crippen LogP contribution is -2.24. The fourth-order valence-electron chi connectivity index (χ4n) is 15.8. The minimum absolute atomic E-state index is 0.126. The van der Waals surface area contributed by atoms with Gasteiger partial charge in [0.1, 0.15) is 0 Å². The summed E-state index contributed by atoms with van der Waals surface area (Å²) in [6, 6.07) is 70.9. The first-order valence-corrected chi connectivity index (χ1v) is 33.9. The van der Waals surface area contributed by atoms with Gasteiger partial charge in [-0.3, -0.25) is 59.8 Å². The molecule has 13 aromatic rings. The summed E-state index contributed by atoms with van der Waals surface area (Å²) >= 11 is 0. The molecule has 6 unspecified atom stereocenters. The Kier molecular flexibility index (Phi) is 17.2. The maximum atomic E-state index is 5.24. The molecule has 3 saturated carbocycles. The number of rotatable bonds is 15. The molecule has 0 N–H and O–H groups in total. The van der Waals surface area contributed by atoms with Crippen molar-refractivity contribution < 1.29 is 0 Å². The van der Waals surface area contributed by atoms with Crippen LogP contribution < -0.4 is 0 Å². The molecule has 12 aromatic heterocycles. The van der Waals surface area contributed by atoms with Crippen molar-refractivity contribution in [1.29, 1.82) is 0 Å². The van der Waals surface area contributed by atoms with Crippen molar-refractivity contribution in [3.05, 3.63) is 325 Å². The number of hydrogen-bond acceptors (Lipinski definition) is 12. The average Bonchev–Trinajstić information content (AvgIpc) is 0.798. The molecule has 0 spiro atoms. The van der Waals surface area contributed by atoms with E-state index in [2.05, 4.69) is 164 Å². The topological polar surface area (TPSA) is 155 Å². The predicted octanol–water partition coefficient (Wildman–Crippen LogP) is 18.9. The first-order valence-electron chi connectivity index (χ1n) is 33.9. The van der Waals surface area contributed by atoms with E-state index in [9.17, 15) is 0 Å². The summed E-state index contributed by atoms with van der Waals surface area (Å²) in [4.78, 5) is 60.3. The standard InChI is InChI=1S/C84H72N12/c1-7-25-85-73(13-1)55-19-31-91-79(49-55)67-40-64(41-68(46-67)80-50-56(20-32-92-80)74-14-2-8-26-86-74)61-37-62(65-42-69(81-51-57(21-33-93-81)75-15-3-9-27-87-75)47-70(43-65)82-52-58(22-34-94-82)76-16-4-10-28-88-76)39-63(38-61)66-44-71(83-53-59(23-35-95-83)77-17-5-11-29-89-77)48-72(45-66)84-54-60(24-36-96-84)78-18-6-12-30-90-78/h1-39,49-54,64-72H,40-48H2. The first-order chi connectivity index (χ1) is 47.5. The molecule has 12 nitrogen and oxygen atoms in total. The third kappa shape index (κ3) is 13.3. The predicted molar refractivity (Wildman–Crippen MR) is 377 cm³/mol. The molecular weight excluding hydrogens is 1180 g/mol. The first kappa shape index (κ1) is 60.0. The maximum absolute atomic E-state index is 5.24. The van der Waals surface area contributed by atoms with Gasteiger partial charge in [-0.05, 0) is 238 Å². The second-order valence-electron chi connectivity index (χ2n) is 26.4. The van der Waals surface area contributed by atoms with Gasteiger partial charge in [-0.1, -0.05) is 54.6 Å². The molecule has 0 amide bonds. The third-order valence-electron chi connectivity index (χ3n) is 20.5. The van der Waals surface area contributed by atoms with Gasteiger partial charge in [-0.2, -0.15) is 0 Å². The summed E-state index contributed by atoms with van der Waals surface area (Å²) in [5, 5.41) is 0. The van der Waals surface area contributed by atoms with Gasteiger partial charge in [0.25, 0.3) is 0 Å². The summed E-state index contributed by atoms with van der Waals surface area (Å²) in [5.74, 6) is 1.22. The number of aromatic nitrogens is 12. The summed E-state index contributed by atoms with van der Waals surface area (Å²) in [7, 11) is 0. The van der Waals surface area contributed by atoms with E-state index in [1.807, 2.05) is 111 Å². The number of nitrogens with zero attached hydrogens (tertiary/aromatic N) is 12. The highest BCUT2D eigenvalue weighted by atomic mass is 14.8. The minimum Gasteiger partial charge on any atom is -0.261 e. The van der Waals surface area contributed by atoms with Crippen LogP contribution in [0.15, 0.2) is 275 Å². The fraction of sp³-hybridized carbons (Fsp3) is 0.214. The highest BCUT2D eigenvalue weighted by Gasteiger charge is 2.39. The molecule has 12 heterocycles. The average molecular weight is 1250 g/mol. The van der Waals surface area contributed by atoms with E-state index in [-0.39, 0.29) is 53.3 Å². The molecule has 0 radical (unpaired) electrons. The molecule has 3 fully saturated rings. The van der Waals surface area contributed by atoms with Crippen molar-refractivity contribution in [1.82, 2.24) is 59.8 Å². The Balaban J connectivity index is 0.854. The Morgan fingerprint density at radius 2 is 0.344 bits per heavy atom. The zero-order chi connectivity index (χ0) is 64.0.